The van der Waals surface area contributed by atoms with Gasteiger partial charge in [0.15, 0.2) is 0 Å². The fourth-order valence-corrected chi connectivity index (χ4v) is 1.37. The van der Waals surface area contributed by atoms with Crippen LogP contribution in [0.4, 0.5) is 13.2 Å². The molecule has 0 saturated heterocycles. The van der Waals surface area contributed by atoms with Crippen molar-refractivity contribution in [3.05, 3.63) is 36.5 Å². The fraction of sp³-hybridized carbons (Fsp3) is 0.182. The van der Waals surface area contributed by atoms with E-state index in [0.29, 0.717) is 0 Å². The molecule has 96 valence electrons. The predicted octanol–water partition coefficient (Wildman–Crippen LogP) is 1.75. The van der Waals surface area contributed by atoms with Gasteiger partial charge in [0.2, 0.25) is 0 Å². The quantitative estimate of drug-likeness (QED) is 0.547. The molecule has 0 amide bonds. The molecule has 1 atom stereocenters. The van der Waals surface area contributed by atoms with Gasteiger partial charge >= 0.3 is 76.1 Å². The first kappa shape index (κ1) is 21.8. The molecule has 0 aromatic carbocycles. The number of halogens is 3. The number of rotatable bonds is 1. The van der Waals surface area contributed by atoms with Crippen molar-refractivity contribution in [1.82, 2.24) is 0 Å². The molecule has 0 spiro atoms. The Morgan fingerprint density at radius 3 is 1.78 bits per heavy atom. The molecule has 18 heavy (non-hydrogen) atoms. The molecule has 0 fully saturated rings. The van der Waals surface area contributed by atoms with Crippen LogP contribution < -0.4 is 0 Å². The summed E-state index contributed by atoms with van der Waals surface area (Å²) in [6, 6.07) is 0. The van der Waals surface area contributed by atoms with Gasteiger partial charge in [0, 0.05) is 0 Å². The van der Waals surface area contributed by atoms with Crippen LogP contribution in [0.3, 0.4) is 0 Å². The van der Waals surface area contributed by atoms with Crippen LogP contribution in [-0.2, 0) is 30.4 Å². The second-order valence-corrected chi connectivity index (χ2v) is 3.39. The Morgan fingerprint density at radius 2 is 1.56 bits per heavy atom. The normalized spacial score (nSPS) is 19.9. The van der Waals surface area contributed by atoms with E-state index in [1.807, 2.05) is 0 Å². The standard InChI is InChI=1S/C8H6F3.3CO.Mn/c1-2-6-4-3-5-7(6)8(9,10)11;3*1-2;/h2-5H,1H2;;;;. The van der Waals surface area contributed by atoms with Gasteiger partial charge in [-0.05, 0) is 0 Å². The first-order valence-corrected chi connectivity index (χ1v) is 4.40. The van der Waals surface area contributed by atoms with E-state index >= 15 is 0 Å². The SMILES string of the molecule is C=C[C]1([Mn])C=CC=C1C(F)(F)F.[C]=O.[C]=O.[C]=O. The summed E-state index contributed by atoms with van der Waals surface area (Å²) in [5, 5.41) is 0. The molecular weight excluding hydrogens is 292 g/mol. The van der Waals surface area contributed by atoms with Crippen molar-refractivity contribution in [2.24, 2.45) is 0 Å². The van der Waals surface area contributed by atoms with Crippen LogP contribution in [0.15, 0.2) is 36.5 Å². The maximum atomic E-state index is 12.3. The van der Waals surface area contributed by atoms with Crippen LogP contribution >= 0.6 is 0 Å². The maximum Gasteiger partial charge on any atom is 0.281 e. The van der Waals surface area contributed by atoms with Gasteiger partial charge in [0.05, 0.1) is 0 Å². The minimum absolute atomic E-state index is 0.634. The van der Waals surface area contributed by atoms with E-state index < -0.39 is 16.1 Å². The number of allylic oxidation sites excluding steroid dienone is 5. The zero-order valence-corrected chi connectivity index (χ0v) is 9.93. The van der Waals surface area contributed by atoms with E-state index in [-0.39, 0.29) is 0 Å². The third-order valence-electron chi connectivity index (χ3n) is 1.62. The minimum atomic E-state index is -4.30. The molecule has 0 heterocycles. The fourth-order valence-electron chi connectivity index (χ4n) is 0.992. The van der Waals surface area contributed by atoms with Crippen LogP contribution in [0.25, 0.3) is 0 Å². The van der Waals surface area contributed by atoms with Crippen LogP contribution in [0, 0.1) is 0 Å². The van der Waals surface area contributed by atoms with Gasteiger partial charge in [-0.25, -0.2) is 0 Å². The number of carbonyl (C=O) groups excluding carboxylic acids is 3. The number of hydrogen-bond acceptors (Lipinski definition) is 3. The Bertz CT molecular complexity index is 308. The molecule has 0 aliphatic heterocycles. The van der Waals surface area contributed by atoms with Crippen molar-refractivity contribution in [3.8, 4) is 0 Å². The van der Waals surface area contributed by atoms with Gasteiger partial charge in [-0.1, -0.05) is 0 Å². The molecule has 0 aromatic heterocycles. The van der Waals surface area contributed by atoms with Gasteiger partial charge in [-0.2, -0.15) is 0 Å². The molecule has 6 radical (unpaired) electrons. The summed E-state index contributed by atoms with van der Waals surface area (Å²) in [6.45, 7) is 16.8. The van der Waals surface area contributed by atoms with Gasteiger partial charge in [-0.3, -0.25) is 14.4 Å². The third kappa shape index (κ3) is 6.32. The molecule has 3 nitrogen and oxygen atoms in total. The predicted molar refractivity (Wildman–Crippen MR) is 53.2 cm³/mol. The zero-order chi connectivity index (χ0) is 15.4. The Labute approximate surface area is 111 Å². The molecule has 0 aromatic rings. The van der Waals surface area contributed by atoms with Crippen molar-refractivity contribution >= 4 is 20.4 Å². The summed E-state index contributed by atoms with van der Waals surface area (Å²) in [5.74, 6) is 0. The molecule has 0 bridgehead atoms. The second kappa shape index (κ2) is 10.7. The summed E-state index contributed by atoms with van der Waals surface area (Å²) in [4.78, 5) is 22.5. The van der Waals surface area contributed by atoms with Gasteiger partial charge in [0.1, 0.15) is 0 Å². The first-order valence-electron chi connectivity index (χ1n) is 3.81. The second-order valence-electron chi connectivity index (χ2n) is 2.41. The van der Waals surface area contributed by atoms with Crippen molar-refractivity contribution in [2.75, 3.05) is 0 Å². The molecule has 1 aliphatic rings. The van der Waals surface area contributed by atoms with E-state index in [4.69, 9.17) is 14.4 Å². The van der Waals surface area contributed by atoms with Crippen LogP contribution in [-0.4, -0.2) is 26.5 Å². The Balaban J connectivity index is -0.000000328. The molecule has 1 unspecified atom stereocenters. The van der Waals surface area contributed by atoms with Crippen LogP contribution in [0.5, 0.6) is 0 Å². The third-order valence-corrected chi connectivity index (χ3v) is 2.37. The Kier molecular flexibility index (Phi) is 12.9. The van der Waals surface area contributed by atoms with Crippen LogP contribution in [0.2, 0.25) is 4.31 Å². The number of hydrogen-bond donors (Lipinski definition) is 0. The van der Waals surface area contributed by atoms with E-state index in [1.165, 1.54) is 18.2 Å². The molecule has 0 saturated carbocycles. The summed E-state index contributed by atoms with van der Waals surface area (Å²) in [5.41, 5.74) is -0.634. The van der Waals surface area contributed by atoms with Crippen molar-refractivity contribution in [1.29, 1.82) is 0 Å². The largest absolute Gasteiger partial charge is 0.281 e. The summed E-state index contributed by atoms with van der Waals surface area (Å²) in [6.07, 6.45) is 0.718. The number of alkyl halides is 3. The molecule has 1 aliphatic carbocycles. The van der Waals surface area contributed by atoms with Crippen LogP contribution in [0.1, 0.15) is 0 Å². The summed E-state index contributed by atoms with van der Waals surface area (Å²) >= 11 is 2.95. The molecule has 7 heteroatoms. The van der Waals surface area contributed by atoms with Gasteiger partial charge in [0.25, 0.3) is 20.4 Å². The van der Waals surface area contributed by atoms with Gasteiger partial charge < -0.3 is 0 Å². The summed E-state index contributed by atoms with van der Waals surface area (Å²) in [7, 11) is 0. The van der Waals surface area contributed by atoms with E-state index in [9.17, 15) is 13.2 Å². The topological polar surface area (TPSA) is 51.2 Å². The van der Waals surface area contributed by atoms with Gasteiger partial charge in [-0.15, -0.1) is 0 Å². The molecule has 0 N–H and O–H groups in total. The molecular formula is C11H6F3MnO3. The Morgan fingerprint density at radius 1 is 1.17 bits per heavy atom. The first-order chi connectivity index (χ1) is 8.40. The zero-order valence-electron chi connectivity index (χ0n) is 8.75. The minimum Gasteiger partial charge on any atom is -0.281 e. The van der Waals surface area contributed by atoms with Crippen molar-refractivity contribution in [3.63, 3.8) is 0 Å². The van der Waals surface area contributed by atoms with E-state index in [0.717, 1.165) is 6.08 Å². The summed E-state index contributed by atoms with van der Waals surface area (Å²) < 4.78 is 35.5. The maximum absolute atomic E-state index is 12.3. The monoisotopic (exact) mass is 298 g/mol. The van der Waals surface area contributed by atoms with E-state index in [2.05, 4.69) is 43.0 Å². The van der Waals surface area contributed by atoms with E-state index in [1.54, 1.807) is 0 Å². The van der Waals surface area contributed by atoms with Crippen molar-refractivity contribution < 1.29 is 43.6 Å². The van der Waals surface area contributed by atoms with Crippen molar-refractivity contribution in [2.45, 2.75) is 10.5 Å². The Hall–Kier alpha value is -1.46. The smallest absolute Gasteiger partial charge is 0.281 e. The molecule has 1 rings (SSSR count). The average Bonchev–Trinajstić information content (AvgIpc) is 2.80. The average molecular weight is 298 g/mol.